The summed E-state index contributed by atoms with van der Waals surface area (Å²) in [6.45, 7) is 5.09. The lowest BCUT2D eigenvalue weighted by Gasteiger charge is -2.21. The largest absolute Gasteiger partial charge is 0.491 e. The van der Waals surface area contributed by atoms with Gasteiger partial charge in [0, 0.05) is 26.3 Å². The molecule has 3 N–H and O–H groups in total. The van der Waals surface area contributed by atoms with Crippen molar-refractivity contribution in [2.75, 3.05) is 26.4 Å². The number of amides is 1. The molecule has 1 amide bonds. The van der Waals surface area contributed by atoms with E-state index in [-0.39, 0.29) is 44.5 Å². The summed E-state index contributed by atoms with van der Waals surface area (Å²) >= 11 is 0. The fraction of sp³-hybridized carbons (Fsp3) is 0.930. The Kier molecular flexibility index (Phi) is 39.5. The van der Waals surface area contributed by atoms with Crippen molar-refractivity contribution >= 4 is 25.7 Å². The number of unbranched alkanes of at least 4 members (excludes halogenated alkanes) is 28. The van der Waals surface area contributed by atoms with E-state index < -0.39 is 26.5 Å². The van der Waals surface area contributed by atoms with Crippen LogP contribution in [-0.2, 0) is 42.1 Å². The lowest BCUT2D eigenvalue weighted by molar-refractivity contribution is -0.161. The number of nitrogens with two attached hydrogens (primary N) is 1. The molecule has 0 aromatic rings. The Balaban J connectivity index is 4.38. The third-order valence-electron chi connectivity index (χ3n) is 9.97. The van der Waals surface area contributed by atoms with Crippen LogP contribution in [0, 0.1) is 0 Å². The maximum atomic E-state index is 12.8. The monoisotopic (exact) mass is 805 g/mol. The van der Waals surface area contributed by atoms with Gasteiger partial charge < -0.3 is 14.8 Å². The Morgan fingerprint density at radius 1 is 0.527 bits per heavy atom. The molecule has 55 heavy (non-hydrogen) atoms. The minimum absolute atomic E-state index is 0.0701. The molecule has 0 aromatic carbocycles. The van der Waals surface area contributed by atoms with E-state index in [0.29, 0.717) is 6.42 Å². The number of hydrogen-bond acceptors (Lipinski definition) is 10. The molecule has 0 saturated carbocycles. The van der Waals surface area contributed by atoms with Gasteiger partial charge in [-0.05, 0) is 12.8 Å². The minimum atomic E-state index is -4.21. The molecule has 0 rings (SSSR count). The fourth-order valence-electron chi connectivity index (χ4n) is 6.56. The first-order valence-corrected chi connectivity index (χ1v) is 24.1. The zero-order chi connectivity index (χ0) is 40.5. The highest BCUT2D eigenvalue weighted by atomic mass is 31.2. The van der Waals surface area contributed by atoms with E-state index in [1.54, 1.807) is 0 Å². The van der Waals surface area contributed by atoms with Crippen molar-refractivity contribution in [2.24, 2.45) is 5.90 Å². The molecule has 0 aromatic heterocycles. The molecule has 11 nitrogen and oxygen atoms in total. The first-order valence-electron chi connectivity index (χ1n) is 22.6. The number of phosphoric acid groups is 1. The summed E-state index contributed by atoms with van der Waals surface area (Å²) in [4.78, 5) is 36.3. The summed E-state index contributed by atoms with van der Waals surface area (Å²) in [6, 6.07) is 0. The van der Waals surface area contributed by atoms with Crippen molar-refractivity contribution in [2.45, 2.75) is 232 Å². The van der Waals surface area contributed by atoms with Crippen LogP contribution in [0.3, 0.4) is 0 Å². The third kappa shape index (κ3) is 39.1. The van der Waals surface area contributed by atoms with E-state index in [2.05, 4.69) is 23.8 Å². The Labute approximate surface area is 337 Å². The summed E-state index contributed by atoms with van der Waals surface area (Å²) in [7, 11) is -4.21. The fourth-order valence-corrected chi connectivity index (χ4v) is 7.42. The van der Waals surface area contributed by atoms with Gasteiger partial charge >= 0.3 is 19.8 Å². The van der Waals surface area contributed by atoms with Crippen LogP contribution in [0.5, 0.6) is 0 Å². The Morgan fingerprint density at radius 2 is 0.891 bits per heavy atom. The molecule has 326 valence electrons. The van der Waals surface area contributed by atoms with Gasteiger partial charge in [0.25, 0.3) is 0 Å². The molecule has 2 unspecified atom stereocenters. The van der Waals surface area contributed by atoms with E-state index in [9.17, 15) is 18.9 Å². The molecule has 0 bridgehead atoms. The number of carbonyl (C=O) groups is 3. The van der Waals surface area contributed by atoms with E-state index in [4.69, 9.17) is 24.4 Å². The molecule has 0 heterocycles. The second kappa shape index (κ2) is 40.7. The molecular formula is C43H85N2O9P. The number of phosphoric ester groups is 1. The molecule has 0 spiro atoms. The molecule has 0 saturated heterocycles. The van der Waals surface area contributed by atoms with Crippen LogP contribution in [0.1, 0.15) is 226 Å². The van der Waals surface area contributed by atoms with Crippen molar-refractivity contribution in [1.29, 1.82) is 0 Å². The normalized spacial score (nSPS) is 13.0. The van der Waals surface area contributed by atoms with Gasteiger partial charge in [-0.1, -0.05) is 194 Å². The number of carbonyl (C=O) groups excluding carboxylic acids is 3. The average molecular weight is 805 g/mol. The summed E-state index contributed by atoms with van der Waals surface area (Å²) in [5.74, 6) is 4.07. The summed E-state index contributed by atoms with van der Waals surface area (Å²) in [6.07, 6.45) is 36.6. The highest BCUT2D eigenvalue weighted by molar-refractivity contribution is 7.48. The van der Waals surface area contributed by atoms with Gasteiger partial charge in [0.1, 0.15) is 6.61 Å². The van der Waals surface area contributed by atoms with Crippen LogP contribution in [0.25, 0.3) is 0 Å². The van der Waals surface area contributed by atoms with Crippen molar-refractivity contribution in [3.8, 4) is 0 Å². The van der Waals surface area contributed by atoms with Gasteiger partial charge in [-0.15, -0.1) is 0 Å². The quantitative estimate of drug-likeness (QED) is 0.0263. The zero-order valence-corrected chi connectivity index (χ0v) is 36.6. The van der Waals surface area contributed by atoms with Crippen molar-refractivity contribution in [3.05, 3.63) is 0 Å². The van der Waals surface area contributed by atoms with Crippen molar-refractivity contribution in [3.63, 3.8) is 0 Å². The number of rotatable bonds is 43. The predicted octanol–water partition coefficient (Wildman–Crippen LogP) is 12.1. The van der Waals surface area contributed by atoms with Gasteiger partial charge in [0.15, 0.2) is 6.10 Å². The Morgan fingerprint density at radius 3 is 1.25 bits per heavy atom. The molecule has 0 aliphatic carbocycles. The second-order valence-corrected chi connectivity index (χ2v) is 17.0. The van der Waals surface area contributed by atoms with E-state index in [0.717, 1.165) is 38.5 Å². The third-order valence-corrected chi connectivity index (χ3v) is 11.2. The molecule has 0 aliphatic rings. The molecule has 0 aliphatic heterocycles. The molecule has 0 radical (unpaired) electrons. The molecule has 12 heteroatoms. The number of ether oxygens (including phenoxy) is 2. The summed E-state index contributed by atoms with van der Waals surface area (Å²) in [5.41, 5.74) is 0. The highest BCUT2D eigenvalue weighted by Crippen LogP contribution is 2.47. The minimum Gasteiger partial charge on any atom is -0.462 e. The van der Waals surface area contributed by atoms with Crippen molar-refractivity contribution < 1.29 is 42.1 Å². The molecular weight excluding hydrogens is 719 g/mol. The van der Waals surface area contributed by atoms with Crippen LogP contribution in [0.4, 0.5) is 0 Å². The van der Waals surface area contributed by atoms with E-state index >= 15 is 0 Å². The SMILES string of the molecule is CCCCCCCCCCCCCCCCCC(=O)OCC(COP(=O)(ON)OCCNC(C)=O)OC(=O)CCCCCCCCCCCCCCCCC. The maximum absolute atomic E-state index is 12.8. The van der Waals surface area contributed by atoms with Gasteiger partial charge in [-0.3, -0.25) is 23.4 Å². The van der Waals surface area contributed by atoms with Crippen LogP contribution < -0.4 is 11.2 Å². The van der Waals surface area contributed by atoms with Gasteiger partial charge in [-0.2, -0.15) is 0 Å². The lowest BCUT2D eigenvalue weighted by Crippen LogP contribution is -2.30. The maximum Gasteiger partial charge on any atom is 0.491 e. The van der Waals surface area contributed by atoms with E-state index in [1.165, 1.54) is 155 Å². The number of nitrogens with one attached hydrogen (secondary N) is 1. The standard InChI is InChI=1S/C43H85N2O9P/c1-4-6-8-10-12-14-16-18-20-22-24-26-28-30-32-34-42(47)50-38-41(39-52-55(49,54-44)51-37-36-45-40(3)46)53-43(48)35-33-31-29-27-25-23-21-19-17-15-13-11-9-7-5-2/h41H,4-39,44H2,1-3H3,(H,45,46). The Hall–Kier alpha value is -1.52. The van der Waals surface area contributed by atoms with Crippen LogP contribution in [-0.4, -0.2) is 50.3 Å². The topological polar surface area (TPSA) is 152 Å². The van der Waals surface area contributed by atoms with Gasteiger partial charge in [0.05, 0.1) is 13.2 Å². The zero-order valence-electron chi connectivity index (χ0n) is 35.7. The van der Waals surface area contributed by atoms with Crippen LogP contribution in [0.2, 0.25) is 0 Å². The second-order valence-electron chi connectivity index (χ2n) is 15.4. The van der Waals surface area contributed by atoms with Gasteiger partial charge in [-0.25, -0.2) is 15.1 Å². The van der Waals surface area contributed by atoms with Gasteiger partial charge in [0.2, 0.25) is 5.91 Å². The smallest absolute Gasteiger partial charge is 0.462 e. The number of hydrogen-bond donors (Lipinski definition) is 2. The van der Waals surface area contributed by atoms with Crippen LogP contribution >= 0.6 is 7.82 Å². The first-order chi connectivity index (χ1) is 26.8. The molecule has 2 atom stereocenters. The average Bonchev–Trinajstić information content (AvgIpc) is 3.17. The Bertz CT molecular complexity index is 940. The summed E-state index contributed by atoms with van der Waals surface area (Å²) in [5, 5.41) is 2.50. The van der Waals surface area contributed by atoms with Crippen LogP contribution in [0.15, 0.2) is 0 Å². The number of esters is 2. The first kappa shape index (κ1) is 53.5. The molecule has 0 fully saturated rings. The summed E-state index contributed by atoms with van der Waals surface area (Å²) < 4.78 is 38.7. The highest BCUT2D eigenvalue weighted by Gasteiger charge is 2.29. The predicted molar refractivity (Wildman–Crippen MR) is 223 cm³/mol. The van der Waals surface area contributed by atoms with E-state index in [1.807, 2.05) is 0 Å². The lowest BCUT2D eigenvalue weighted by atomic mass is 10.0. The van der Waals surface area contributed by atoms with Crippen molar-refractivity contribution in [1.82, 2.24) is 5.32 Å².